The van der Waals surface area contributed by atoms with Crippen molar-refractivity contribution in [1.82, 2.24) is 29.7 Å². The Kier molecular flexibility index (Phi) is 4.81. The quantitative estimate of drug-likeness (QED) is 0.470. The molecule has 1 aromatic carbocycles. The highest BCUT2D eigenvalue weighted by molar-refractivity contribution is 6.00. The first-order valence-electron chi connectivity index (χ1n) is 10.2. The van der Waals surface area contributed by atoms with Crippen LogP contribution in [0.5, 0.6) is 5.75 Å². The van der Waals surface area contributed by atoms with Crippen LogP contribution < -0.4 is 4.74 Å². The lowest BCUT2D eigenvalue weighted by molar-refractivity contribution is 0.230. The van der Waals surface area contributed by atoms with Crippen LogP contribution in [0.15, 0.2) is 49.1 Å². The highest BCUT2D eigenvalue weighted by Crippen LogP contribution is 2.29. The molecule has 148 valence electrons. The normalized spacial score (nSPS) is 17.3. The molecule has 0 unspecified atom stereocenters. The molecule has 1 aliphatic rings. The summed E-state index contributed by atoms with van der Waals surface area (Å²) in [5, 5.41) is 14.8. The first-order chi connectivity index (χ1) is 14.3. The molecule has 4 heterocycles. The van der Waals surface area contributed by atoms with Crippen LogP contribution in [0.4, 0.5) is 0 Å². The van der Waals surface area contributed by atoms with Crippen molar-refractivity contribution < 1.29 is 4.74 Å². The van der Waals surface area contributed by atoms with E-state index in [9.17, 15) is 0 Å². The summed E-state index contributed by atoms with van der Waals surface area (Å²) in [6.45, 7) is 5.39. The Morgan fingerprint density at radius 3 is 2.86 bits per heavy atom. The third-order valence-corrected chi connectivity index (χ3v) is 5.73. The Labute approximate surface area is 169 Å². The van der Waals surface area contributed by atoms with Gasteiger partial charge in [0.25, 0.3) is 0 Å². The first kappa shape index (κ1) is 18.0. The molecule has 1 fully saturated rings. The Bertz CT molecular complexity index is 1120. The number of hydrogen-bond donors (Lipinski definition) is 0. The second-order valence-corrected chi connectivity index (χ2v) is 7.62. The number of benzene rings is 1. The second-order valence-electron chi connectivity index (χ2n) is 7.62. The SMILES string of the molecule is C[C@@H]1CCCN1CCCOc1ccc(-c2nn3cnnc3c3cnccc23)cc1. The maximum absolute atomic E-state index is 5.95. The van der Waals surface area contributed by atoms with Gasteiger partial charge in [-0.15, -0.1) is 10.2 Å². The number of likely N-dealkylation sites (tertiary alicyclic amines) is 1. The van der Waals surface area contributed by atoms with Crippen LogP contribution in [0.2, 0.25) is 0 Å². The molecule has 3 aromatic heterocycles. The Hall–Kier alpha value is -3.06. The standard InChI is InChI=1S/C22H24N6O/c1-16-4-2-11-27(16)12-3-13-29-18-7-5-17(6-8-18)21-19-9-10-23-14-20(19)22-25-24-15-28(22)26-21/h5-10,14-16H,2-4,11-13H2,1H3/t16-/m1/s1. The third-order valence-electron chi connectivity index (χ3n) is 5.73. The Morgan fingerprint density at radius 1 is 1.14 bits per heavy atom. The molecule has 5 rings (SSSR count). The number of pyridine rings is 1. The summed E-state index contributed by atoms with van der Waals surface area (Å²) < 4.78 is 7.65. The number of nitrogens with zero attached hydrogens (tertiary/aromatic N) is 6. The van der Waals surface area contributed by atoms with Gasteiger partial charge in [0.05, 0.1) is 12.3 Å². The molecule has 4 aromatic rings. The van der Waals surface area contributed by atoms with Crippen molar-refractivity contribution in [3.63, 3.8) is 0 Å². The summed E-state index contributed by atoms with van der Waals surface area (Å²) in [6, 6.07) is 10.8. The van der Waals surface area contributed by atoms with Crippen molar-refractivity contribution in [2.75, 3.05) is 19.7 Å². The smallest absolute Gasteiger partial charge is 0.186 e. The second kappa shape index (κ2) is 7.75. The zero-order valence-corrected chi connectivity index (χ0v) is 16.5. The van der Waals surface area contributed by atoms with Crippen molar-refractivity contribution in [3.05, 3.63) is 49.1 Å². The molecule has 29 heavy (non-hydrogen) atoms. The van der Waals surface area contributed by atoms with Gasteiger partial charge >= 0.3 is 0 Å². The fourth-order valence-corrected chi connectivity index (χ4v) is 4.13. The largest absolute Gasteiger partial charge is 0.494 e. The van der Waals surface area contributed by atoms with E-state index in [1.165, 1.54) is 19.4 Å². The highest BCUT2D eigenvalue weighted by Gasteiger charge is 2.19. The van der Waals surface area contributed by atoms with Gasteiger partial charge in [0, 0.05) is 41.3 Å². The molecule has 1 atom stereocenters. The van der Waals surface area contributed by atoms with Gasteiger partial charge < -0.3 is 9.64 Å². The van der Waals surface area contributed by atoms with Gasteiger partial charge in [-0.3, -0.25) is 4.98 Å². The lowest BCUT2D eigenvalue weighted by Crippen LogP contribution is -2.28. The van der Waals surface area contributed by atoms with Crippen LogP contribution >= 0.6 is 0 Å². The van der Waals surface area contributed by atoms with Crippen molar-refractivity contribution in [2.45, 2.75) is 32.2 Å². The zero-order valence-electron chi connectivity index (χ0n) is 16.5. The van der Waals surface area contributed by atoms with E-state index in [4.69, 9.17) is 9.84 Å². The molecule has 0 bridgehead atoms. The molecule has 0 radical (unpaired) electrons. The van der Waals surface area contributed by atoms with Gasteiger partial charge in [-0.25, -0.2) is 0 Å². The molecular formula is C22H24N6O. The minimum Gasteiger partial charge on any atom is -0.494 e. The van der Waals surface area contributed by atoms with E-state index in [2.05, 4.69) is 39.1 Å². The van der Waals surface area contributed by atoms with E-state index in [1.54, 1.807) is 17.0 Å². The summed E-state index contributed by atoms with van der Waals surface area (Å²) in [7, 11) is 0. The van der Waals surface area contributed by atoms with Crippen LogP contribution in [-0.2, 0) is 0 Å². The van der Waals surface area contributed by atoms with Gasteiger partial charge in [0.1, 0.15) is 12.1 Å². The third kappa shape index (κ3) is 3.53. The first-order valence-corrected chi connectivity index (χ1v) is 10.2. The average Bonchev–Trinajstić information content (AvgIpc) is 3.40. The van der Waals surface area contributed by atoms with Crippen molar-refractivity contribution >= 4 is 16.4 Å². The van der Waals surface area contributed by atoms with E-state index >= 15 is 0 Å². The van der Waals surface area contributed by atoms with Gasteiger partial charge in [-0.1, -0.05) is 0 Å². The van der Waals surface area contributed by atoms with Crippen molar-refractivity contribution in [2.24, 2.45) is 0 Å². The van der Waals surface area contributed by atoms with E-state index in [-0.39, 0.29) is 0 Å². The molecule has 0 aliphatic carbocycles. The number of hydrogen-bond acceptors (Lipinski definition) is 6. The van der Waals surface area contributed by atoms with Crippen LogP contribution in [0, 0.1) is 0 Å². The fourth-order valence-electron chi connectivity index (χ4n) is 4.13. The van der Waals surface area contributed by atoms with E-state index in [0.717, 1.165) is 53.4 Å². The van der Waals surface area contributed by atoms with Gasteiger partial charge in [-0.2, -0.15) is 9.61 Å². The molecule has 1 aliphatic heterocycles. The fraction of sp³-hybridized carbons (Fsp3) is 0.364. The monoisotopic (exact) mass is 388 g/mol. The maximum atomic E-state index is 5.95. The van der Waals surface area contributed by atoms with E-state index in [1.807, 2.05) is 24.4 Å². The summed E-state index contributed by atoms with van der Waals surface area (Å²) >= 11 is 0. The topological polar surface area (TPSA) is 68.4 Å². The summed E-state index contributed by atoms with van der Waals surface area (Å²) in [4.78, 5) is 6.79. The van der Waals surface area contributed by atoms with E-state index < -0.39 is 0 Å². The minimum absolute atomic E-state index is 0.712. The van der Waals surface area contributed by atoms with Crippen LogP contribution in [0.25, 0.3) is 27.7 Å². The van der Waals surface area contributed by atoms with E-state index in [0.29, 0.717) is 5.65 Å². The minimum atomic E-state index is 0.712. The maximum Gasteiger partial charge on any atom is 0.186 e. The number of fused-ring (bicyclic) bond motifs is 3. The molecule has 7 nitrogen and oxygen atoms in total. The van der Waals surface area contributed by atoms with Gasteiger partial charge in [0.15, 0.2) is 5.65 Å². The van der Waals surface area contributed by atoms with Crippen molar-refractivity contribution in [3.8, 4) is 17.0 Å². The van der Waals surface area contributed by atoms with Crippen LogP contribution in [0.3, 0.4) is 0 Å². The Balaban J connectivity index is 1.31. The molecule has 1 saturated heterocycles. The van der Waals surface area contributed by atoms with Crippen molar-refractivity contribution in [1.29, 1.82) is 0 Å². The molecule has 0 spiro atoms. The summed E-state index contributed by atoms with van der Waals surface area (Å²) in [5.41, 5.74) is 2.61. The summed E-state index contributed by atoms with van der Waals surface area (Å²) in [6.07, 6.45) is 8.90. The summed E-state index contributed by atoms with van der Waals surface area (Å²) in [5.74, 6) is 0.888. The lowest BCUT2D eigenvalue weighted by Gasteiger charge is -2.20. The van der Waals surface area contributed by atoms with Crippen LogP contribution in [0.1, 0.15) is 26.2 Å². The Morgan fingerprint density at radius 2 is 2.03 bits per heavy atom. The predicted molar refractivity (Wildman–Crippen MR) is 112 cm³/mol. The highest BCUT2D eigenvalue weighted by atomic mass is 16.5. The molecule has 7 heteroatoms. The zero-order chi connectivity index (χ0) is 19.6. The molecular weight excluding hydrogens is 364 g/mol. The number of rotatable bonds is 6. The van der Waals surface area contributed by atoms with Gasteiger partial charge in [-0.05, 0) is 63.1 Å². The average molecular weight is 388 g/mol. The predicted octanol–water partition coefficient (Wildman–Crippen LogP) is 3.59. The number of ether oxygens (including phenoxy) is 1. The number of aromatic nitrogens is 5. The molecule has 0 amide bonds. The lowest BCUT2D eigenvalue weighted by atomic mass is 10.1. The van der Waals surface area contributed by atoms with Crippen LogP contribution in [-0.4, -0.2) is 55.4 Å². The molecule has 0 N–H and O–H groups in total. The molecule has 0 saturated carbocycles. The van der Waals surface area contributed by atoms with Gasteiger partial charge in [0.2, 0.25) is 0 Å².